The monoisotopic (exact) mass is 348 g/mol. The molecule has 1 saturated carbocycles. The van der Waals surface area contributed by atoms with Crippen LogP contribution >= 0.6 is 0 Å². The van der Waals surface area contributed by atoms with Crippen LogP contribution in [0.5, 0.6) is 0 Å². The van der Waals surface area contributed by atoms with Crippen molar-refractivity contribution in [3.05, 3.63) is 53.6 Å². The van der Waals surface area contributed by atoms with E-state index in [1.54, 1.807) is 19.1 Å². The van der Waals surface area contributed by atoms with Crippen LogP contribution in [0, 0.1) is 18.8 Å². The van der Waals surface area contributed by atoms with Crippen LogP contribution in [0.1, 0.15) is 28.8 Å². The fourth-order valence-corrected chi connectivity index (χ4v) is 4.45. The van der Waals surface area contributed by atoms with E-state index >= 15 is 0 Å². The van der Waals surface area contributed by atoms with Gasteiger partial charge < -0.3 is 5.32 Å². The predicted molar refractivity (Wildman–Crippen MR) is 88.1 cm³/mol. The average molecular weight is 348 g/mol. The molecule has 7 heteroatoms. The maximum atomic E-state index is 13.6. The highest BCUT2D eigenvalue weighted by Crippen LogP contribution is 2.33. The number of nitrogens with one attached hydrogen (secondary N) is 1. The Hall–Kier alpha value is -2.28. The lowest BCUT2D eigenvalue weighted by molar-refractivity contribution is 0.102. The van der Waals surface area contributed by atoms with Gasteiger partial charge in [-0.1, -0.05) is 6.07 Å². The quantitative estimate of drug-likeness (QED) is 0.843. The molecule has 0 atom stereocenters. The van der Waals surface area contributed by atoms with Crippen LogP contribution in [0.15, 0.2) is 41.4 Å². The largest absolute Gasteiger partial charge is 0.322 e. The molecule has 2 aromatic rings. The maximum absolute atomic E-state index is 13.6. The van der Waals surface area contributed by atoms with Gasteiger partial charge in [0.25, 0.3) is 5.91 Å². The standard InChI is InChI=1S/C17H17FN2O3S/c1-11-4-7-13(9-15(11)24(22,23)10-12-5-6-12)20-17(21)14-3-2-8-19-16(14)18/h2-4,7-9,12H,5-6,10H2,1H3,(H,20,21). The topological polar surface area (TPSA) is 76.1 Å². The lowest BCUT2D eigenvalue weighted by atomic mass is 10.2. The van der Waals surface area contributed by atoms with E-state index in [1.807, 2.05) is 0 Å². The van der Waals surface area contributed by atoms with Crippen LogP contribution in [0.4, 0.5) is 10.1 Å². The molecule has 1 N–H and O–H groups in total. The number of halogens is 1. The summed E-state index contributed by atoms with van der Waals surface area (Å²) in [5.41, 5.74) is 0.741. The maximum Gasteiger partial charge on any atom is 0.260 e. The zero-order chi connectivity index (χ0) is 17.3. The van der Waals surface area contributed by atoms with Crippen molar-refractivity contribution < 1.29 is 17.6 Å². The summed E-state index contributed by atoms with van der Waals surface area (Å²) in [5.74, 6) is -1.18. The minimum atomic E-state index is -3.40. The molecule has 1 aromatic carbocycles. The van der Waals surface area contributed by atoms with Crippen LogP contribution in [-0.2, 0) is 9.84 Å². The van der Waals surface area contributed by atoms with Gasteiger partial charge >= 0.3 is 0 Å². The molecule has 1 fully saturated rings. The predicted octanol–water partition coefficient (Wildman–Crippen LogP) is 2.97. The van der Waals surface area contributed by atoms with E-state index < -0.39 is 21.7 Å². The first-order chi connectivity index (χ1) is 11.4. The Morgan fingerprint density at radius 3 is 2.75 bits per heavy atom. The number of hydrogen-bond donors (Lipinski definition) is 1. The Labute approximate surface area is 139 Å². The molecular weight excluding hydrogens is 331 g/mol. The van der Waals surface area contributed by atoms with E-state index in [1.165, 1.54) is 24.4 Å². The van der Waals surface area contributed by atoms with Gasteiger partial charge in [0.1, 0.15) is 0 Å². The van der Waals surface area contributed by atoms with Crippen molar-refractivity contribution in [1.82, 2.24) is 4.98 Å². The number of hydrogen-bond acceptors (Lipinski definition) is 4. The number of rotatable bonds is 5. The molecule has 0 unspecified atom stereocenters. The molecule has 0 radical (unpaired) electrons. The fourth-order valence-electron chi connectivity index (χ4n) is 2.45. The van der Waals surface area contributed by atoms with Gasteiger partial charge in [-0.15, -0.1) is 0 Å². The van der Waals surface area contributed by atoms with Gasteiger partial charge in [0, 0.05) is 11.9 Å². The van der Waals surface area contributed by atoms with E-state index in [9.17, 15) is 17.6 Å². The second-order valence-electron chi connectivity index (χ2n) is 6.00. The number of aryl methyl sites for hydroxylation is 1. The number of carbonyl (C=O) groups is 1. The zero-order valence-electron chi connectivity index (χ0n) is 13.1. The van der Waals surface area contributed by atoms with Gasteiger partial charge in [0.15, 0.2) is 9.84 Å². The second-order valence-corrected chi connectivity index (χ2v) is 8.00. The average Bonchev–Trinajstić information content (AvgIpc) is 3.32. The van der Waals surface area contributed by atoms with Gasteiger partial charge in [0.05, 0.1) is 16.2 Å². The van der Waals surface area contributed by atoms with Gasteiger partial charge in [-0.05, 0) is 55.5 Å². The molecule has 3 rings (SSSR count). The van der Waals surface area contributed by atoms with E-state index in [2.05, 4.69) is 10.3 Å². The van der Waals surface area contributed by atoms with Crippen molar-refractivity contribution in [3.63, 3.8) is 0 Å². The van der Waals surface area contributed by atoms with Crippen LogP contribution in [-0.4, -0.2) is 25.1 Å². The smallest absolute Gasteiger partial charge is 0.260 e. The molecule has 1 aliphatic rings. The summed E-state index contributed by atoms with van der Waals surface area (Å²) in [7, 11) is -3.40. The lowest BCUT2D eigenvalue weighted by Crippen LogP contribution is -2.15. The number of nitrogens with zero attached hydrogens (tertiary/aromatic N) is 1. The van der Waals surface area contributed by atoms with Crippen molar-refractivity contribution >= 4 is 21.4 Å². The van der Waals surface area contributed by atoms with Crippen molar-refractivity contribution in [3.8, 4) is 0 Å². The number of carbonyl (C=O) groups excluding carboxylic acids is 1. The molecule has 0 aliphatic heterocycles. The number of pyridine rings is 1. The Kier molecular flexibility index (Phi) is 4.36. The van der Waals surface area contributed by atoms with E-state index in [0.29, 0.717) is 11.3 Å². The number of anilines is 1. The third-order valence-corrected chi connectivity index (χ3v) is 5.96. The third-order valence-electron chi connectivity index (χ3n) is 3.94. The van der Waals surface area contributed by atoms with Crippen LogP contribution < -0.4 is 5.32 Å². The van der Waals surface area contributed by atoms with Crippen LogP contribution in [0.3, 0.4) is 0 Å². The Bertz CT molecular complexity index is 892. The van der Waals surface area contributed by atoms with Crippen molar-refractivity contribution in [2.45, 2.75) is 24.7 Å². The van der Waals surface area contributed by atoms with Crippen LogP contribution in [0.25, 0.3) is 0 Å². The first-order valence-corrected chi connectivity index (χ1v) is 9.27. The third kappa shape index (κ3) is 3.62. The Morgan fingerprint density at radius 2 is 2.08 bits per heavy atom. The summed E-state index contributed by atoms with van der Waals surface area (Å²) in [6, 6.07) is 7.43. The summed E-state index contributed by atoms with van der Waals surface area (Å²) < 4.78 is 38.5. The van der Waals surface area contributed by atoms with E-state index in [-0.39, 0.29) is 22.1 Å². The summed E-state index contributed by atoms with van der Waals surface area (Å²) in [6.07, 6.45) is 3.13. The molecule has 1 aromatic heterocycles. The van der Waals surface area contributed by atoms with Crippen molar-refractivity contribution in [2.24, 2.45) is 5.92 Å². The molecule has 0 bridgehead atoms. The van der Waals surface area contributed by atoms with Gasteiger partial charge in [0.2, 0.25) is 5.95 Å². The van der Waals surface area contributed by atoms with Gasteiger partial charge in [-0.2, -0.15) is 4.39 Å². The van der Waals surface area contributed by atoms with Crippen LogP contribution in [0.2, 0.25) is 0 Å². The number of amides is 1. The molecule has 5 nitrogen and oxygen atoms in total. The summed E-state index contributed by atoms with van der Waals surface area (Å²) in [6.45, 7) is 1.71. The second kappa shape index (κ2) is 6.32. The molecule has 126 valence electrons. The van der Waals surface area contributed by atoms with Crippen molar-refractivity contribution in [2.75, 3.05) is 11.1 Å². The highest BCUT2D eigenvalue weighted by molar-refractivity contribution is 7.91. The molecule has 1 heterocycles. The Morgan fingerprint density at radius 1 is 1.33 bits per heavy atom. The molecule has 1 aliphatic carbocycles. The van der Waals surface area contributed by atoms with E-state index in [0.717, 1.165) is 12.8 Å². The molecule has 0 saturated heterocycles. The molecule has 0 spiro atoms. The summed E-state index contributed by atoms with van der Waals surface area (Å²) in [5, 5.41) is 2.52. The summed E-state index contributed by atoms with van der Waals surface area (Å²) in [4.78, 5) is 15.8. The van der Waals surface area contributed by atoms with Gasteiger partial charge in [-0.25, -0.2) is 13.4 Å². The summed E-state index contributed by atoms with van der Waals surface area (Å²) >= 11 is 0. The van der Waals surface area contributed by atoms with Gasteiger partial charge in [-0.3, -0.25) is 4.79 Å². The number of aromatic nitrogens is 1. The first-order valence-electron chi connectivity index (χ1n) is 7.62. The molecule has 1 amide bonds. The Balaban J connectivity index is 1.86. The van der Waals surface area contributed by atoms with E-state index in [4.69, 9.17) is 0 Å². The lowest BCUT2D eigenvalue weighted by Gasteiger charge is -2.11. The normalized spacial score (nSPS) is 14.4. The highest BCUT2D eigenvalue weighted by atomic mass is 32.2. The zero-order valence-corrected chi connectivity index (χ0v) is 13.9. The highest BCUT2D eigenvalue weighted by Gasteiger charge is 2.30. The molecular formula is C17H17FN2O3S. The molecule has 24 heavy (non-hydrogen) atoms. The van der Waals surface area contributed by atoms with Crippen molar-refractivity contribution in [1.29, 1.82) is 0 Å². The minimum Gasteiger partial charge on any atom is -0.322 e. The number of benzene rings is 1. The SMILES string of the molecule is Cc1ccc(NC(=O)c2cccnc2F)cc1S(=O)(=O)CC1CC1. The first kappa shape index (κ1) is 16.6. The number of sulfone groups is 1. The fraction of sp³-hybridized carbons (Fsp3) is 0.294. The minimum absolute atomic E-state index is 0.127.